The minimum atomic E-state index is -4.24. The Kier molecular flexibility index (Phi) is 11.3. The van der Waals surface area contributed by atoms with Crippen LogP contribution >= 0.6 is 0 Å². The van der Waals surface area contributed by atoms with Crippen molar-refractivity contribution in [3.8, 4) is 0 Å². The van der Waals surface area contributed by atoms with E-state index in [2.05, 4.69) is 48.3 Å². The number of ether oxygens (including phenoxy) is 1. The van der Waals surface area contributed by atoms with Crippen LogP contribution in [0.3, 0.4) is 0 Å². The fourth-order valence-electron chi connectivity index (χ4n) is 4.14. The van der Waals surface area contributed by atoms with Gasteiger partial charge in [-0.25, -0.2) is 21.6 Å². The number of sulfone groups is 2. The molecule has 17 nitrogen and oxygen atoms in total. The Morgan fingerprint density at radius 3 is 1.73 bits per heavy atom. The molecule has 0 aliphatic heterocycles. The number of rotatable bonds is 13. The van der Waals surface area contributed by atoms with Gasteiger partial charge in [-0.2, -0.15) is 23.7 Å². The van der Waals surface area contributed by atoms with Gasteiger partial charge in [-0.15, -0.1) is 10.2 Å². The van der Waals surface area contributed by atoms with E-state index in [9.17, 15) is 30.0 Å². The summed E-state index contributed by atoms with van der Waals surface area (Å²) in [5.74, 6) is -1.07. The Bertz CT molecular complexity index is 2420. The molecule has 4 rings (SSSR count). The third-order valence-electron chi connectivity index (χ3n) is 6.81. The van der Waals surface area contributed by atoms with E-state index in [0.717, 1.165) is 25.0 Å². The lowest BCUT2D eigenvalue weighted by molar-refractivity contribution is -0.135. The van der Waals surface area contributed by atoms with Crippen LogP contribution in [0.1, 0.15) is 0 Å². The van der Waals surface area contributed by atoms with E-state index in [1.165, 1.54) is 72.8 Å². The highest BCUT2D eigenvalue weighted by Gasteiger charge is 2.36. The maximum atomic E-state index is 13.2. The lowest BCUT2D eigenvalue weighted by Gasteiger charge is -2.20. The number of esters is 1. The van der Waals surface area contributed by atoms with E-state index >= 15 is 0 Å². The van der Waals surface area contributed by atoms with Crippen LogP contribution in [0.15, 0.2) is 160 Å². The molecular weight excluding hydrogens is 725 g/mol. The predicted molar refractivity (Wildman–Crippen MR) is 186 cm³/mol. The minimum absolute atomic E-state index is 0.0553. The summed E-state index contributed by atoms with van der Waals surface area (Å²) < 4.78 is 83.1. The number of nitrogens with two attached hydrogens (primary N) is 1. The van der Waals surface area contributed by atoms with E-state index in [1.807, 2.05) is 0 Å². The van der Waals surface area contributed by atoms with Crippen molar-refractivity contribution in [2.75, 3.05) is 19.6 Å². The number of allylic oxidation sites excluding steroid dienone is 1. The number of methoxy groups -OCH3 is 1. The van der Waals surface area contributed by atoms with Crippen molar-refractivity contribution in [1.82, 2.24) is 0 Å². The van der Waals surface area contributed by atoms with Crippen molar-refractivity contribution >= 4 is 64.2 Å². The quantitative estimate of drug-likeness (QED) is 0.0700. The Balaban J connectivity index is 1.90. The summed E-state index contributed by atoms with van der Waals surface area (Å²) in [4.78, 5) is 12.8. The van der Waals surface area contributed by atoms with Gasteiger partial charge >= 0.3 is 5.97 Å². The van der Waals surface area contributed by atoms with Crippen molar-refractivity contribution in [3.05, 3.63) is 119 Å². The number of nitrogens with zero attached hydrogens (tertiary/aromatic N) is 5. The van der Waals surface area contributed by atoms with Gasteiger partial charge in [0, 0.05) is 10.8 Å². The van der Waals surface area contributed by atoms with E-state index in [4.69, 9.17) is 15.9 Å². The van der Waals surface area contributed by atoms with Gasteiger partial charge in [0.15, 0.2) is 19.7 Å². The molecule has 0 amide bonds. The molecule has 0 radical (unpaired) electrons. The Hall–Kier alpha value is -5.96. The highest BCUT2D eigenvalue weighted by atomic mass is 32.2. The average molecular weight is 753 g/mol. The summed E-state index contributed by atoms with van der Waals surface area (Å²) in [7, 11) is -9.70. The topological polar surface area (TPSA) is 262 Å². The summed E-state index contributed by atoms with van der Waals surface area (Å²) in [6.45, 7) is 6.57. The number of carbonyl (C=O) groups excluding carboxylic acids is 1. The molecule has 0 heterocycles. The molecule has 4 N–H and O–H groups in total. The third-order valence-corrected chi connectivity index (χ3v) is 10.9. The normalized spacial score (nSPS) is 15.1. The molecule has 3 aromatic carbocycles. The molecule has 0 aromatic heterocycles. The summed E-state index contributed by atoms with van der Waals surface area (Å²) in [6.07, 6.45) is 0. The first-order chi connectivity index (χ1) is 24.1. The fourth-order valence-corrected chi connectivity index (χ4v) is 6.37. The zero-order valence-corrected chi connectivity index (χ0v) is 29.2. The van der Waals surface area contributed by atoms with Crippen LogP contribution in [0, 0.1) is 5.41 Å². The Morgan fingerprint density at radius 1 is 0.765 bits per heavy atom. The van der Waals surface area contributed by atoms with Crippen LogP contribution in [0.2, 0.25) is 0 Å². The smallest absolute Gasteiger partial charge is 0.342 e. The highest BCUT2D eigenvalue weighted by Crippen LogP contribution is 2.31. The summed E-state index contributed by atoms with van der Waals surface area (Å²) in [5.41, 5.74) is 6.42. The van der Waals surface area contributed by atoms with Crippen molar-refractivity contribution in [3.63, 3.8) is 0 Å². The van der Waals surface area contributed by atoms with Crippen molar-refractivity contribution in [2.24, 2.45) is 31.3 Å². The molecule has 0 spiro atoms. The van der Waals surface area contributed by atoms with Gasteiger partial charge in [0.2, 0.25) is 0 Å². The minimum Gasteiger partial charge on any atom is -0.465 e. The number of hydrazone groups is 1. The first kappa shape index (κ1) is 37.9. The number of nitrogens with one attached hydrogen (secondary N) is 2. The first-order valence-corrected chi connectivity index (χ1v) is 18.5. The molecule has 1 aliphatic carbocycles. The number of benzene rings is 3. The predicted octanol–water partition coefficient (Wildman–Crippen LogP) is 4.82. The van der Waals surface area contributed by atoms with Crippen LogP contribution in [-0.2, 0) is 43.5 Å². The van der Waals surface area contributed by atoms with Gasteiger partial charge in [-0.3, -0.25) is 15.0 Å². The van der Waals surface area contributed by atoms with Gasteiger partial charge in [-0.1, -0.05) is 25.3 Å². The third kappa shape index (κ3) is 8.27. The van der Waals surface area contributed by atoms with Crippen molar-refractivity contribution in [2.45, 2.75) is 14.7 Å². The van der Waals surface area contributed by atoms with E-state index < -0.39 is 52.8 Å². The van der Waals surface area contributed by atoms with Crippen LogP contribution in [-0.4, -0.2) is 56.9 Å². The second kappa shape index (κ2) is 15.3. The zero-order chi connectivity index (χ0) is 37.6. The van der Waals surface area contributed by atoms with Gasteiger partial charge in [0.1, 0.15) is 33.3 Å². The zero-order valence-electron chi connectivity index (χ0n) is 26.7. The van der Waals surface area contributed by atoms with E-state index in [-0.39, 0.29) is 48.8 Å². The van der Waals surface area contributed by atoms with Gasteiger partial charge in [-0.05, 0) is 60.7 Å². The molecule has 3 aromatic rings. The maximum Gasteiger partial charge on any atom is 0.342 e. The average Bonchev–Trinajstić information content (AvgIpc) is 3.13. The van der Waals surface area contributed by atoms with Crippen LogP contribution in [0.4, 0.5) is 17.1 Å². The van der Waals surface area contributed by atoms with Gasteiger partial charge in [0.25, 0.3) is 10.1 Å². The van der Waals surface area contributed by atoms with Gasteiger partial charge < -0.3 is 10.5 Å². The number of hydrogen-bond acceptors (Lipinski definition) is 17. The largest absolute Gasteiger partial charge is 0.465 e. The van der Waals surface area contributed by atoms with Crippen molar-refractivity contribution < 1.29 is 39.0 Å². The van der Waals surface area contributed by atoms with E-state index in [0.29, 0.717) is 0 Å². The second-order valence-electron chi connectivity index (χ2n) is 9.85. The first-order valence-electron chi connectivity index (χ1n) is 14.0. The monoisotopic (exact) mass is 752 g/mol. The lowest BCUT2D eigenvalue weighted by atomic mass is 9.93. The summed E-state index contributed by atoms with van der Waals surface area (Å²) >= 11 is 0. The number of carbonyl (C=O) groups is 1. The molecular formula is C31H28N8O9S3. The standard InChI is InChI=1S/C31H28N8O9S3/c1-5-49(41,42)21-15-11-19(12-16-21)34-37-28-25(31(40)47-3)29(38-36-23-9-7-8-10-24(23)51(45,46)48-4)27(33)30(26(28)32)39-35-20-13-17-22(18-14-20)50(43,44)6-2/h5-18,33,36H,1-2,32H2,3-4H3/b33-27?,37-34+,38-29-,39-35+. The maximum absolute atomic E-state index is 13.2. The Morgan fingerprint density at radius 2 is 1.25 bits per heavy atom. The lowest BCUT2D eigenvalue weighted by Crippen LogP contribution is -2.32. The number of anilines is 1. The molecule has 1 aliphatic rings. The summed E-state index contributed by atoms with van der Waals surface area (Å²) in [5, 5.41) is 31.0. The van der Waals surface area contributed by atoms with Crippen LogP contribution in [0.5, 0.6) is 0 Å². The Labute approximate surface area is 292 Å². The molecule has 0 saturated carbocycles. The van der Waals surface area contributed by atoms with Crippen LogP contribution < -0.4 is 11.2 Å². The molecule has 20 heteroatoms. The molecule has 264 valence electrons. The number of azo groups is 2. The van der Waals surface area contributed by atoms with Crippen LogP contribution in [0.25, 0.3) is 0 Å². The molecule has 0 saturated heterocycles. The van der Waals surface area contributed by atoms with E-state index in [1.54, 1.807) is 0 Å². The molecule has 0 bridgehead atoms. The molecule has 51 heavy (non-hydrogen) atoms. The summed E-state index contributed by atoms with van der Waals surface area (Å²) in [6, 6.07) is 15.9. The molecule has 0 fully saturated rings. The highest BCUT2D eigenvalue weighted by molar-refractivity contribution is 7.94. The second-order valence-corrected chi connectivity index (χ2v) is 15.3. The molecule has 0 atom stereocenters. The molecule has 0 unspecified atom stereocenters. The van der Waals surface area contributed by atoms with Crippen molar-refractivity contribution in [1.29, 1.82) is 5.41 Å². The number of hydrogen-bond donors (Lipinski definition) is 3. The van der Waals surface area contributed by atoms with Gasteiger partial charge in [0.05, 0.1) is 46.8 Å². The number of para-hydroxylation sites is 1. The SMILES string of the molecule is C=CS(=O)(=O)c1ccc(/N=N/C2=C(N)C(/N=N/c3ccc(S(=O)(=O)C=C)cc3)=C(C(=O)OC)C(=N/Nc3ccccc3S(=O)(=O)OC)/C2=N)cc1. The fraction of sp³-hybridized carbons (Fsp3) is 0.0645.